The summed E-state index contributed by atoms with van der Waals surface area (Å²) in [5.74, 6) is 1.27. The predicted molar refractivity (Wildman–Crippen MR) is 125 cm³/mol. The summed E-state index contributed by atoms with van der Waals surface area (Å²) in [7, 11) is 2.08. The third kappa shape index (κ3) is 6.03. The van der Waals surface area contributed by atoms with E-state index in [2.05, 4.69) is 11.9 Å². The molecule has 0 spiro atoms. The molecule has 1 aromatic rings. The Morgan fingerprint density at radius 2 is 1.62 bits per heavy atom. The lowest BCUT2D eigenvalue weighted by molar-refractivity contribution is -0.140. The fraction of sp³-hybridized carbons (Fsp3) is 0.692. The second-order valence-corrected chi connectivity index (χ2v) is 9.86. The van der Waals surface area contributed by atoms with E-state index in [0.717, 1.165) is 38.1 Å². The lowest BCUT2D eigenvalue weighted by Crippen LogP contribution is -2.52. The maximum atomic E-state index is 13.1. The summed E-state index contributed by atoms with van der Waals surface area (Å²) in [6.45, 7) is 3.51. The molecule has 0 aromatic heterocycles. The number of likely N-dealkylation sites (tertiary alicyclic amines) is 2. The Kier molecular flexibility index (Phi) is 8.06. The van der Waals surface area contributed by atoms with Gasteiger partial charge < -0.3 is 14.5 Å². The highest BCUT2D eigenvalue weighted by atomic mass is 16.5. The summed E-state index contributed by atoms with van der Waals surface area (Å²) in [6.07, 6.45) is 9.53. The van der Waals surface area contributed by atoms with Gasteiger partial charge in [0.2, 0.25) is 11.8 Å². The first-order valence-electron chi connectivity index (χ1n) is 12.6. The van der Waals surface area contributed by atoms with Crippen molar-refractivity contribution >= 4 is 11.8 Å². The van der Waals surface area contributed by atoms with Crippen molar-refractivity contribution in [3.8, 4) is 5.75 Å². The van der Waals surface area contributed by atoms with Gasteiger partial charge in [0.1, 0.15) is 11.9 Å². The summed E-state index contributed by atoms with van der Waals surface area (Å²) >= 11 is 0. The first-order valence-corrected chi connectivity index (χ1v) is 12.6. The molecule has 6 nitrogen and oxygen atoms in total. The van der Waals surface area contributed by atoms with Crippen molar-refractivity contribution in [2.75, 3.05) is 39.8 Å². The van der Waals surface area contributed by atoms with Crippen LogP contribution in [0.1, 0.15) is 57.8 Å². The molecule has 1 aromatic carbocycles. The van der Waals surface area contributed by atoms with E-state index in [0.29, 0.717) is 32.1 Å². The van der Waals surface area contributed by atoms with Gasteiger partial charge in [0.25, 0.3) is 0 Å². The Labute approximate surface area is 192 Å². The highest BCUT2D eigenvalue weighted by molar-refractivity contribution is 5.79. The standard InChI is InChI=1S/C26H39N3O3/c1-27(22-10-6-7-11-22)20-26(31)29-17-14-24(32-23-12-4-2-5-13-23)21(19-29)18-25(30)28-15-8-3-9-16-28/h2,4-5,12-13,21-22,24H,3,6-11,14-20H2,1H3/t21-,24-/m0/s1. The minimum atomic E-state index is -0.0391. The number of hydrogen-bond acceptors (Lipinski definition) is 4. The number of rotatable bonds is 7. The highest BCUT2D eigenvalue weighted by Gasteiger charge is 2.36. The van der Waals surface area contributed by atoms with Gasteiger partial charge in [-0.1, -0.05) is 31.0 Å². The fourth-order valence-corrected chi connectivity index (χ4v) is 5.55. The lowest BCUT2D eigenvalue weighted by Gasteiger charge is -2.40. The van der Waals surface area contributed by atoms with Crippen LogP contribution in [-0.4, -0.2) is 78.4 Å². The molecule has 2 saturated heterocycles. The van der Waals surface area contributed by atoms with Crippen LogP contribution in [-0.2, 0) is 9.59 Å². The Hall–Kier alpha value is -2.08. The average Bonchev–Trinajstić information content (AvgIpc) is 3.36. The summed E-state index contributed by atoms with van der Waals surface area (Å²) in [5.41, 5.74) is 0. The molecule has 2 heterocycles. The van der Waals surface area contributed by atoms with E-state index >= 15 is 0 Å². The minimum Gasteiger partial charge on any atom is -0.490 e. The van der Waals surface area contributed by atoms with Crippen LogP contribution in [0.4, 0.5) is 0 Å². The van der Waals surface area contributed by atoms with E-state index < -0.39 is 0 Å². The van der Waals surface area contributed by atoms with Gasteiger partial charge in [-0.15, -0.1) is 0 Å². The Bertz CT molecular complexity index is 744. The molecule has 2 atom stereocenters. The van der Waals surface area contributed by atoms with Crippen LogP contribution in [0, 0.1) is 5.92 Å². The smallest absolute Gasteiger partial charge is 0.236 e. The molecule has 1 aliphatic carbocycles. The summed E-state index contributed by atoms with van der Waals surface area (Å²) in [4.78, 5) is 32.4. The molecule has 0 bridgehead atoms. The van der Waals surface area contributed by atoms with E-state index in [1.54, 1.807) is 0 Å². The molecule has 4 rings (SSSR count). The highest BCUT2D eigenvalue weighted by Crippen LogP contribution is 2.28. The molecule has 6 heteroatoms. The van der Waals surface area contributed by atoms with Crippen molar-refractivity contribution < 1.29 is 14.3 Å². The fourth-order valence-electron chi connectivity index (χ4n) is 5.55. The number of nitrogens with zero attached hydrogens (tertiary/aromatic N) is 3. The molecule has 3 fully saturated rings. The summed E-state index contributed by atoms with van der Waals surface area (Å²) in [5, 5.41) is 0. The molecule has 0 N–H and O–H groups in total. The second kappa shape index (κ2) is 11.2. The number of hydrogen-bond donors (Lipinski definition) is 0. The largest absolute Gasteiger partial charge is 0.490 e. The first-order chi connectivity index (χ1) is 15.6. The molecule has 0 unspecified atom stereocenters. The monoisotopic (exact) mass is 441 g/mol. The predicted octanol–water partition coefficient (Wildman–Crippen LogP) is 3.56. The van der Waals surface area contributed by atoms with Gasteiger partial charge in [-0.05, 0) is 51.3 Å². The van der Waals surface area contributed by atoms with Crippen LogP contribution in [0.25, 0.3) is 0 Å². The zero-order chi connectivity index (χ0) is 22.3. The van der Waals surface area contributed by atoms with Crippen molar-refractivity contribution in [2.24, 2.45) is 5.92 Å². The van der Waals surface area contributed by atoms with Crippen LogP contribution in [0.15, 0.2) is 30.3 Å². The Morgan fingerprint density at radius 1 is 0.906 bits per heavy atom. The summed E-state index contributed by atoms with van der Waals surface area (Å²) < 4.78 is 6.33. The third-order valence-electron chi connectivity index (χ3n) is 7.53. The van der Waals surface area contributed by atoms with Crippen molar-refractivity contribution in [1.29, 1.82) is 0 Å². The molecule has 32 heavy (non-hydrogen) atoms. The lowest BCUT2D eigenvalue weighted by atomic mass is 9.90. The van der Waals surface area contributed by atoms with E-state index in [-0.39, 0.29) is 23.8 Å². The first kappa shape index (κ1) is 23.1. The zero-order valence-electron chi connectivity index (χ0n) is 19.6. The second-order valence-electron chi connectivity index (χ2n) is 9.86. The van der Waals surface area contributed by atoms with Crippen LogP contribution >= 0.6 is 0 Å². The minimum absolute atomic E-state index is 0.0270. The van der Waals surface area contributed by atoms with Crippen LogP contribution in [0.2, 0.25) is 0 Å². The van der Waals surface area contributed by atoms with Gasteiger partial charge in [-0.2, -0.15) is 0 Å². The van der Waals surface area contributed by atoms with Crippen LogP contribution in [0.5, 0.6) is 5.75 Å². The van der Waals surface area contributed by atoms with Gasteiger partial charge >= 0.3 is 0 Å². The van der Waals surface area contributed by atoms with Crippen molar-refractivity contribution in [3.63, 3.8) is 0 Å². The van der Waals surface area contributed by atoms with Gasteiger partial charge in [0, 0.05) is 51.0 Å². The molecule has 2 aliphatic heterocycles. The van der Waals surface area contributed by atoms with E-state index in [9.17, 15) is 9.59 Å². The number of carbonyl (C=O) groups is 2. The van der Waals surface area contributed by atoms with Crippen molar-refractivity contribution in [1.82, 2.24) is 14.7 Å². The molecular weight excluding hydrogens is 402 g/mol. The normalized spacial score (nSPS) is 24.7. The number of piperidine rings is 2. The van der Waals surface area contributed by atoms with Crippen molar-refractivity contribution in [2.45, 2.75) is 69.9 Å². The van der Waals surface area contributed by atoms with Gasteiger partial charge in [-0.25, -0.2) is 0 Å². The molecule has 2 amide bonds. The number of benzene rings is 1. The van der Waals surface area contributed by atoms with Gasteiger partial charge in [-0.3, -0.25) is 14.5 Å². The van der Waals surface area contributed by atoms with Crippen LogP contribution in [0.3, 0.4) is 0 Å². The number of amides is 2. The quantitative estimate of drug-likeness (QED) is 0.649. The maximum absolute atomic E-state index is 13.1. The van der Waals surface area contributed by atoms with E-state index in [1.165, 1.54) is 32.1 Å². The average molecular weight is 442 g/mol. The molecular formula is C26H39N3O3. The topological polar surface area (TPSA) is 53.1 Å². The number of carbonyl (C=O) groups excluding carboxylic acids is 2. The Balaban J connectivity index is 1.39. The van der Waals surface area contributed by atoms with Gasteiger partial charge in [0.15, 0.2) is 0 Å². The van der Waals surface area contributed by atoms with E-state index in [4.69, 9.17) is 4.74 Å². The zero-order valence-corrected chi connectivity index (χ0v) is 19.6. The number of likely N-dealkylation sites (N-methyl/N-ethyl adjacent to an activating group) is 1. The molecule has 176 valence electrons. The molecule has 3 aliphatic rings. The van der Waals surface area contributed by atoms with Gasteiger partial charge in [0.05, 0.1) is 6.54 Å². The third-order valence-corrected chi connectivity index (χ3v) is 7.53. The maximum Gasteiger partial charge on any atom is 0.236 e. The van der Waals surface area contributed by atoms with Crippen molar-refractivity contribution in [3.05, 3.63) is 30.3 Å². The van der Waals surface area contributed by atoms with E-state index in [1.807, 2.05) is 40.1 Å². The molecule has 1 saturated carbocycles. The molecule has 0 radical (unpaired) electrons. The number of para-hydroxylation sites is 1. The van der Waals surface area contributed by atoms with Crippen LogP contribution < -0.4 is 4.74 Å². The summed E-state index contributed by atoms with van der Waals surface area (Å²) in [6, 6.07) is 10.4. The number of ether oxygens (including phenoxy) is 1. The SMILES string of the molecule is CN(CC(=O)N1CC[C@H](Oc2ccccc2)[C@@H](CC(=O)N2CCCCC2)C1)C1CCCC1. The Morgan fingerprint density at radius 3 is 2.34 bits per heavy atom.